The van der Waals surface area contributed by atoms with Crippen LogP contribution in [0.4, 0.5) is 0 Å². The van der Waals surface area contributed by atoms with E-state index in [2.05, 4.69) is 16.7 Å². The molecule has 3 aliphatic rings. The van der Waals surface area contributed by atoms with E-state index >= 15 is 0 Å². The molecule has 1 aliphatic carbocycles. The third-order valence-corrected chi connectivity index (χ3v) is 5.53. The van der Waals surface area contributed by atoms with E-state index in [-0.39, 0.29) is 0 Å². The summed E-state index contributed by atoms with van der Waals surface area (Å²) in [5.74, 6) is 0. The van der Waals surface area contributed by atoms with Gasteiger partial charge in [0.25, 0.3) is 0 Å². The highest BCUT2D eigenvalue weighted by Crippen LogP contribution is 2.29. The van der Waals surface area contributed by atoms with Crippen molar-refractivity contribution in [2.45, 2.75) is 82.8 Å². The van der Waals surface area contributed by atoms with Gasteiger partial charge in [0.05, 0.1) is 0 Å². The van der Waals surface area contributed by atoms with Crippen molar-refractivity contribution >= 4 is 0 Å². The van der Waals surface area contributed by atoms with Crippen LogP contribution in [0, 0.1) is 0 Å². The van der Waals surface area contributed by atoms with E-state index in [9.17, 15) is 0 Å². The molecule has 2 aliphatic heterocycles. The van der Waals surface area contributed by atoms with Crippen molar-refractivity contribution in [3.05, 3.63) is 0 Å². The fraction of sp³-hybridized carbons (Fsp3) is 1.00. The van der Waals surface area contributed by atoms with Gasteiger partial charge in [0.1, 0.15) is 0 Å². The van der Waals surface area contributed by atoms with Crippen molar-refractivity contribution in [3.8, 4) is 0 Å². The van der Waals surface area contributed by atoms with Gasteiger partial charge in [-0.2, -0.15) is 0 Å². The Morgan fingerprint density at radius 2 is 1.39 bits per heavy atom. The summed E-state index contributed by atoms with van der Waals surface area (Å²) in [5, 5.41) is 0. The maximum Gasteiger partial charge on any atom is 0.0224 e. The van der Waals surface area contributed by atoms with Gasteiger partial charge in [0, 0.05) is 31.2 Å². The van der Waals surface area contributed by atoms with Crippen molar-refractivity contribution in [1.29, 1.82) is 0 Å². The SMILES string of the molecule is CC1CN2CCCCC2CN1C1CCCCCC1. The average Bonchev–Trinajstić information content (AvgIpc) is 2.66. The van der Waals surface area contributed by atoms with Gasteiger partial charge >= 0.3 is 0 Å². The topological polar surface area (TPSA) is 6.48 Å². The summed E-state index contributed by atoms with van der Waals surface area (Å²) in [7, 11) is 0. The summed E-state index contributed by atoms with van der Waals surface area (Å²) in [6.45, 7) is 6.54. The van der Waals surface area contributed by atoms with Crippen LogP contribution >= 0.6 is 0 Å². The van der Waals surface area contributed by atoms with Crippen LogP contribution in [0.15, 0.2) is 0 Å². The smallest absolute Gasteiger partial charge is 0.0224 e. The second-order valence-electron chi connectivity index (χ2n) is 6.84. The first-order valence-corrected chi connectivity index (χ1v) is 8.34. The monoisotopic (exact) mass is 250 g/mol. The third kappa shape index (κ3) is 2.75. The zero-order valence-corrected chi connectivity index (χ0v) is 12.1. The molecule has 2 saturated heterocycles. The van der Waals surface area contributed by atoms with Gasteiger partial charge in [-0.1, -0.05) is 32.1 Å². The van der Waals surface area contributed by atoms with Crippen LogP contribution in [-0.2, 0) is 0 Å². The minimum absolute atomic E-state index is 0.794. The summed E-state index contributed by atoms with van der Waals surface area (Å²) in [5.41, 5.74) is 0. The lowest BCUT2D eigenvalue weighted by Crippen LogP contribution is -2.60. The molecule has 2 heteroatoms. The predicted molar refractivity (Wildman–Crippen MR) is 76.9 cm³/mol. The second-order valence-corrected chi connectivity index (χ2v) is 6.84. The maximum absolute atomic E-state index is 2.89. The number of nitrogens with zero attached hydrogens (tertiary/aromatic N) is 2. The zero-order valence-electron chi connectivity index (χ0n) is 12.1. The highest BCUT2D eigenvalue weighted by Gasteiger charge is 2.35. The second kappa shape index (κ2) is 5.92. The van der Waals surface area contributed by atoms with E-state index < -0.39 is 0 Å². The van der Waals surface area contributed by atoms with E-state index in [1.165, 1.54) is 77.4 Å². The van der Waals surface area contributed by atoms with Gasteiger partial charge in [0.2, 0.25) is 0 Å². The third-order valence-electron chi connectivity index (χ3n) is 5.53. The van der Waals surface area contributed by atoms with Crippen molar-refractivity contribution in [1.82, 2.24) is 9.80 Å². The number of fused-ring (bicyclic) bond motifs is 1. The van der Waals surface area contributed by atoms with Crippen molar-refractivity contribution in [2.75, 3.05) is 19.6 Å². The number of hydrogen-bond acceptors (Lipinski definition) is 2. The molecular formula is C16H30N2. The summed E-state index contributed by atoms with van der Waals surface area (Å²) >= 11 is 0. The summed E-state index contributed by atoms with van der Waals surface area (Å²) in [6.07, 6.45) is 13.2. The molecule has 2 nitrogen and oxygen atoms in total. The lowest BCUT2D eigenvalue weighted by molar-refractivity contribution is -0.0111. The molecule has 3 rings (SSSR count). The van der Waals surface area contributed by atoms with E-state index in [4.69, 9.17) is 0 Å². The van der Waals surface area contributed by atoms with Gasteiger partial charge < -0.3 is 0 Å². The first kappa shape index (κ1) is 12.9. The van der Waals surface area contributed by atoms with Crippen LogP contribution in [0.3, 0.4) is 0 Å². The molecule has 0 N–H and O–H groups in total. The van der Waals surface area contributed by atoms with Crippen LogP contribution in [-0.4, -0.2) is 47.6 Å². The first-order chi connectivity index (χ1) is 8.84. The largest absolute Gasteiger partial charge is 0.298 e. The first-order valence-electron chi connectivity index (χ1n) is 8.34. The molecule has 0 aromatic rings. The standard InChI is InChI=1S/C16H30N2/c1-14-12-17-11-7-6-10-16(17)13-18(14)15-8-4-2-3-5-9-15/h14-16H,2-13H2,1H3. The summed E-state index contributed by atoms with van der Waals surface area (Å²) < 4.78 is 0. The van der Waals surface area contributed by atoms with Crippen LogP contribution < -0.4 is 0 Å². The van der Waals surface area contributed by atoms with Crippen LogP contribution in [0.25, 0.3) is 0 Å². The Hall–Kier alpha value is -0.0800. The van der Waals surface area contributed by atoms with Gasteiger partial charge in [-0.25, -0.2) is 0 Å². The summed E-state index contributed by atoms with van der Waals surface area (Å²) in [6, 6.07) is 2.59. The molecular weight excluding hydrogens is 220 g/mol. The fourth-order valence-electron chi connectivity index (χ4n) is 4.47. The van der Waals surface area contributed by atoms with E-state index in [0.717, 1.165) is 18.1 Å². The van der Waals surface area contributed by atoms with Crippen LogP contribution in [0.5, 0.6) is 0 Å². The molecule has 0 aromatic carbocycles. The lowest BCUT2D eigenvalue weighted by Gasteiger charge is -2.50. The molecule has 18 heavy (non-hydrogen) atoms. The molecule has 0 bridgehead atoms. The van der Waals surface area contributed by atoms with Gasteiger partial charge in [0.15, 0.2) is 0 Å². The Labute approximate surface area is 113 Å². The molecule has 1 saturated carbocycles. The van der Waals surface area contributed by atoms with Crippen LogP contribution in [0.1, 0.15) is 64.7 Å². The average molecular weight is 250 g/mol. The number of piperidine rings is 1. The van der Waals surface area contributed by atoms with E-state index in [0.29, 0.717) is 0 Å². The van der Waals surface area contributed by atoms with Gasteiger partial charge in [-0.05, 0) is 39.2 Å². The van der Waals surface area contributed by atoms with Gasteiger partial charge in [-0.3, -0.25) is 9.80 Å². The molecule has 3 fully saturated rings. The Morgan fingerprint density at radius 3 is 2.17 bits per heavy atom. The molecule has 0 amide bonds. The predicted octanol–water partition coefficient (Wildman–Crippen LogP) is 3.27. The molecule has 0 radical (unpaired) electrons. The maximum atomic E-state index is 2.89. The van der Waals surface area contributed by atoms with Crippen molar-refractivity contribution in [3.63, 3.8) is 0 Å². The van der Waals surface area contributed by atoms with E-state index in [1.54, 1.807) is 0 Å². The van der Waals surface area contributed by atoms with Gasteiger partial charge in [-0.15, -0.1) is 0 Å². The Kier molecular flexibility index (Phi) is 4.25. The highest BCUT2D eigenvalue weighted by atomic mass is 15.3. The van der Waals surface area contributed by atoms with Crippen LogP contribution in [0.2, 0.25) is 0 Å². The zero-order chi connectivity index (χ0) is 12.4. The quantitative estimate of drug-likeness (QED) is 0.659. The minimum atomic E-state index is 0.794. The normalized spacial score (nSPS) is 37.2. The number of rotatable bonds is 1. The highest BCUT2D eigenvalue weighted by molar-refractivity contribution is 4.92. The molecule has 0 spiro atoms. The molecule has 2 atom stereocenters. The summed E-state index contributed by atoms with van der Waals surface area (Å²) in [4.78, 5) is 5.67. The molecule has 2 unspecified atom stereocenters. The Bertz CT molecular complexity index is 258. The molecule has 2 heterocycles. The Morgan fingerprint density at radius 1 is 0.722 bits per heavy atom. The van der Waals surface area contributed by atoms with Crippen molar-refractivity contribution < 1.29 is 0 Å². The van der Waals surface area contributed by atoms with E-state index in [1.807, 2.05) is 0 Å². The lowest BCUT2D eigenvalue weighted by atomic mass is 9.94. The fourth-order valence-corrected chi connectivity index (χ4v) is 4.47. The number of piperazine rings is 1. The van der Waals surface area contributed by atoms with Crippen molar-refractivity contribution in [2.24, 2.45) is 0 Å². The molecule has 0 aromatic heterocycles. The Balaban J connectivity index is 1.63. The minimum Gasteiger partial charge on any atom is -0.298 e. The molecule has 104 valence electrons. The number of hydrogen-bond donors (Lipinski definition) is 0.